The number of benzene rings is 2. The Morgan fingerprint density at radius 2 is 1.81 bits per heavy atom. The maximum absolute atomic E-state index is 5.56. The molecule has 21 heavy (non-hydrogen) atoms. The van der Waals surface area contributed by atoms with Crippen molar-refractivity contribution in [2.75, 3.05) is 7.11 Å². The number of nitrogens with zero attached hydrogens (tertiary/aromatic N) is 1. The second kappa shape index (κ2) is 4.74. The highest BCUT2D eigenvalue weighted by molar-refractivity contribution is 7.71. The summed E-state index contributed by atoms with van der Waals surface area (Å²) in [5.74, 6) is 0.841. The molecule has 0 amide bonds. The average Bonchev–Trinajstić information content (AvgIpc) is 3.05. The number of ether oxygens (including phenoxy) is 1. The number of imidazole rings is 1. The van der Waals surface area contributed by atoms with Crippen molar-refractivity contribution in [3.63, 3.8) is 0 Å². The molecule has 2 aromatic carbocycles. The maximum atomic E-state index is 5.56. The van der Waals surface area contributed by atoms with Gasteiger partial charge in [0.05, 0.1) is 12.6 Å². The first-order chi connectivity index (χ1) is 10.3. The summed E-state index contributed by atoms with van der Waals surface area (Å²) in [6, 6.07) is 15.1. The molecule has 0 unspecified atom stereocenters. The summed E-state index contributed by atoms with van der Waals surface area (Å²) in [5, 5.41) is 0. The van der Waals surface area contributed by atoms with Gasteiger partial charge in [-0.25, -0.2) is 0 Å². The van der Waals surface area contributed by atoms with E-state index < -0.39 is 0 Å². The van der Waals surface area contributed by atoms with Crippen molar-refractivity contribution in [1.82, 2.24) is 9.55 Å². The molecule has 1 aromatic heterocycles. The summed E-state index contributed by atoms with van der Waals surface area (Å²) in [4.78, 5) is 3.30. The summed E-state index contributed by atoms with van der Waals surface area (Å²) in [5.41, 5.74) is 4.97. The number of hydrogen-bond donors (Lipinski definition) is 1. The number of methoxy groups -OCH3 is 1. The molecule has 1 heterocycles. The van der Waals surface area contributed by atoms with Crippen LogP contribution >= 0.6 is 12.2 Å². The summed E-state index contributed by atoms with van der Waals surface area (Å²) >= 11 is 5.56. The van der Waals surface area contributed by atoms with E-state index in [9.17, 15) is 0 Å². The van der Waals surface area contributed by atoms with E-state index >= 15 is 0 Å². The zero-order chi connectivity index (χ0) is 14.4. The van der Waals surface area contributed by atoms with Crippen molar-refractivity contribution in [2.24, 2.45) is 0 Å². The molecule has 3 aromatic rings. The van der Waals surface area contributed by atoms with Gasteiger partial charge in [-0.1, -0.05) is 30.3 Å². The first-order valence-corrected chi connectivity index (χ1v) is 7.53. The lowest BCUT2D eigenvalue weighted by atomic mass is 10.1. The van der Waals surface area contributed by atoms with Crippen LogP contribution in [-0.2, 0) is 12.8 Å². The number of H-pyrrole nitrogens is 1. The van der Waals surface area contributed by atoms with Crippen LogP contribution in [0.3, 0.4) is 0 Å². The van der Waals surface area contributed by atoms with Gasteiger partial charge in [0.25, 0.3) is 0 Å². The Labute approximate surface area is 128 Å². The minimum atomic E-state index is 0.385. The number of rotatable bonds is 2. The van der Waals surface area contributed by atoms with Gasteiger partial charge in [0.1, 0.15) is 11.3 Å². The molecular formula is C17H16N2OS. The number of fused-ring (bicyclic) bond motifs is 2. The van der Waals surface area contributed by atoms with Gasteiger partial charge in [-0.15, -0.1) is 0 Å². The maximum Gasteiger partial charge on any atom is 0.178 e. The van der Waals surface area contributed by atoms with Crippen molar-refractivity contribution in [3.05, 3.63) is 58.4 Å². The summed E-state index contributed by atoms with van der Waals surface area (Å²) in [6.07, 6.45) is 2.07. The van der Waals surface area contributed by atoms with E-state index in [1.54, 1.807) is 7.11 Å². The van der Waals surface area contributed by atoms with Crippen molar-refractivity contribution < 1.29 is 4.74 Å². The Hall–Kier alpha value is -2.07. The third kappa shape index (κ3) is 1.90. The van der Waals surface area contributed by atoms with Gasteiger partial charge >= 0.3 is 0 Å². The van der Waals surface area contributed by atoms with E-state index in [1.165, 1.54) is 11.1 Å². The first kappa shape index (κ1) is 12.7. The van der Waals surface area contributed by atoms with E-state index in [-0.39, 0.29) is 0 Å². The van der Waals surface area contributed by atoms with E-state index in [4.69, 9.17) is 17.0 Å². The van der Waals surface area contributed by atoms with Crippen LogP contribution in [0.5, 0.6) is 5.75 Å². The van der Waals surface area contributed by atoms with Gasteiger partial charge < -0.3 is 14.3 Å². The molecule has 0 saturated heterocycles. The van der Waals surface area contributed by atoms with Gasteiger partial charge in [-0.2, -0.15) is 0 Å². The lowest BCUT2D eigenvalue weighted by Crippen LogP contribution is -2.08. The largest absolute Gasteiger partial charge is 0.494 e. The van der Waals surface area contributed by atoms with Gasteiger partial charge in [-0.3, -0.25) is 0 Å². The zero-order valence-electron chi connectivity index (χ0n) is 11.8. The molecule has 0 radical (unpaired) electrons. The second-order valence-corrected chi connectivity index (χ2v) is 5.87. The number of para-hydroxylation sites is 1. The monoisotopic (exact) mass is 296 g/mol. The fraction of sp³-hybridized carbons (Fsp3) is 0.235. The predicted molar refractivity (Wildman–Crippen MR) is 86.6 cm³/mol. The number of aromatic nitrogens is 2. The zero-order valence-corrected chi connectivity index (χ0v) is 12.6. The Morgan fingerprint density at radius 1 is 1.10 bits per heavy atom. The van der Waals surface area contributed by atoms with Crippen LogP contribution < -0.4 is 4.74 Å². The van der Waals surface area contributed by atoms with Crippen LogP contribution in [0, 0.1) is 4.77 Å². The van der Waals surface area contributed by atoms with E-state index in [1.807, 2.05) is 12.1 Å². The standard InChI is InChI=1S/C17H16N2OS/c1-20-15-8-4-7-14-16(15)18-17(21)19(14)13-9-11-5-2-3-6-12(11)10-13/h2-8,13H,9-10H2,1H3,(H,18,21). The van der Waals surface area contributed by atoms with Crippen molar-refractivity contribution >= 4 is 23.3 Å². The van der Waals surface area contributed by atoms with Crippen molar-refractivity contribution in [3.8, 4) is 5.75 Å². The number of nitrogens with one attached hydrogen (secondary N) is 1. The topological polar surface area (TPSA) is 29.9 Å². The number of aromatic amines is 1. The molecule has 0 fully saturated rings. The molecule has 0 aliphatic heterocycles. The molecule has 0 atom stereocenters. The van der Waals surface area contributed by atoms with Crippen LogP contribution in [0.4, 0.5) is 0 Å². The van der Waals surface area contributed by atoms with Crippen molar-refractivity contribution in [1.29, 1.82) is 0 Å². The van der Waals surface area contributed by atoms with Gasteiger partial charge in [-0.05, 0) is 48.3 Å². The smallest absolute Gasteiger partial charge is 0.178 e. The molecule has 1 N–H and O–H groups in total. The van der Waals surface area contributed by atoms with E-state index in [2.05, 4.69) is 39.9 Å². The second-order valence-electron chi connectivity index (χ2n) is 5.49. The van der Waals surface area contributed by atoms with Crippen LogP contribution in [0.25, 0.3) is 11.0 Å². The molecule has 1 aliphatic carbocycles. The molecule has 4 heteroatoms. The normalized spacial score (nSPS) is 14.5. The van der Waals surface area contributed by atoms with Crippen LogP contribution in [0.1, 0.15) is 17.2 Å². The summed E-state index contributed by atoms with van der Waals surface area (Å²) in [7, 11) is 1.69. The third-order valence-electron chi connectivity index (χ3n) is 4.33. The molecule has 0 saturated carbocycles. The quantitative estimate of drug-likeness (QED) is 0.723. The third-order valence-corrected chi connectivity index (χ3v) is 4.63. The fourth-order valence-corrected chi connectivity index (χ4v) is 3.72. The molecule has 106 valence electrons. The molecule has 0 bridgehead atoms. The first-order valence-electron chi connectivity index (χ1n) is 7.12. The van der Waals surface area contributed by atoms with E-state index in [0.717, 1.165) is 34.4 Å². The van der Waals surface area contributed by atoms with Crippen LogP contribution in [0.2, 0.25) is 0 Å². The highest BCUT2D eigenvalue weighted by atomic mass is 32.1. The molecule has 0 spiro atoms. The van der Waals surface area contributed by atoms with Crippen molar-refractivity contribution in [2.45, 2.75) is 18.9 Å². The Balaban J connectivity index is 1.86. The van der Waals surface area contributed by atoms with Gasteiger partial charge in [0.2, 0.25) is 0 Å². The highest BCUT2D eigenvalue weighted by Crippen LogP contribution is 2.34. The SMILES string of the molecule is COc1cccc2c1[nH]c(=S)n2C1Cc2ccccc2C1. The lowest BCUT2D eigenvalue weighted by molar-refractivity contribution is 0.419. The van der Waals surface area contributed by atoms with Crippen LogP contribution in [-0.4, -0.2) is 16.7 Å². The molecule has 4 rings (SSSR count). The minimum absolute atomic E-state index is 0.385. The average molecular weight is 296 g/mol. The predicted octanol–water partition coefficient (Wildman–Crippen LogP) is 4.05. The van der Waals surface area contributed by atoms with Crippen LogP contribution in [0.15, 0.2) is 42.5 Å². The Kier molecular flexibility index (Phi) is 2.86. The summed E-state index contributed by atoms with van der Waals surface area (Å²) in [6.45, 7) is 0. The summed E-state index contributed by atoms with van der Waals surface area (Å²) < 4.78 is 8.44. The van der Waals surface area contributed by atoms with Gasteiger partial charge in [0.15, 0.2) is 4.77 Å². The van der Waals surface area contributed by atoms with Gasteiger partial charge in [0, 0.05) is 6.04 Å². The molecule has 3 nitrogen and oxygen atoms in total. The molecule has 1 aliphatic rings. The lowest BCUT2D eigenvalue weighted by Gasteiger charge is -2.13. The Morgan fingerprint density at radius 3 is 2.48 bits per heavy atom. The molecular weight excluding hydrogens is 280 g/mol. The number of hydrogen-bond acceptors (Lipinski definition) is 2. The Bertz CT molecular complexity index is 853. The highest BCUT2D eigenvalue weighted by Gasteiger charge is 2.24. The minimum Gasteiger partial charge on any atom is -0.494 e. The fourth-order valence-electron chi connectivity index (χ4n) is 3.37. The van der Waals surface area contributed by atoms with E-state index in [0.29, 0.717) is 6.04 Å².